The van der Waals surface area contributed by atoms with E-state index in [9.17, 15) is 12.8 Å². The number of nitrogens with zero attached hydrogens (tertiary/aromatic N) is 3. The number of likely N-dealkylation sites (tertiary alicyclic amines) is 1. The summed E-state index contributed by atoms with van der Waals surface area (Å²) in [6, 6.07) is 4.49. The van der Waals surface area contributed by atoms with Gasteiger partial charge in [-0.1, -0.05) is 12.1 Å². The zero-order chi connectivity index (χ0) is 19.4. The Hall–Kier alpha value is -1.55. The van der Waals surface area contributed by atoms with Crippen LogP contribution in [0.2, 0.25) is 0 Å². The fourth-order valence-corrected chi connectivity index (χ4v) is 4.89. The molecule has 7 nitrogen and oxygen atoms in total. The summed E-state index contributed by atoms with van der Waals surface area (Å²) in [5.74, 6) is -0.312. The highest BCUT2D eigenvalue weighted by Crippen LogP contribution is 2.32. The highest BCUT2D eigenvalue weighted by molar-refractivity contribution is 7.89. The second-order valence-corrected chi connectivity index (χ2v) is 8.94. The van der Waals surface area contributed by atoms with E-state index in [-0.39, 0.29) is 24.1 Å². The van der Waals surface area contributed by atoms with Gasteiger partial charge in [0.1, 0.15) is 5.82 Å². The molecule has 2 heterocycles. The standard InChI is InChI=1S/C18H26FN3O4S/c1-2-22(27(24,25)12-11-23)10-9-21-7-5-14(6-8-21)18-16-4-3-15(19)13-17(16)26-20-18/h3-4,13-14,23H,2,5-12H2,1H3. The average molecular weight is 399 g/mol. The van der Waals surface area contributed by atoms with Gasteiger partial charge in [-0.15, -0.1) is 0 Å². The Morgan fingerprint density at radius 2 is 2.11 bits per heavy atom. The molecular weight excluding hydrogens is 373 g/mol. The zero-order valence-electron chi connectivity index (χ0n) is 15.5. The molecule has 27 heavy (non-hydrogen) atoms. The number of halogens is 1. The number of hydrogen-bond acceptors (Lipinski definition) is 6. The molecule has 0 radical (unpaired) electrons. The molecule has 9 heteroatoms. The van der Waals surface area contributed by atoms with Crippen LogP contribution in [0.1, 0.15) is 31.4 Å². The normalized spacial score (nSPS) is 17.2. The first-order valence-corrected chi connectivity index (χ1v) is 10.9. The third-order valence-corrected chi connectivity index (χ3v) is 7.12. The largest absolute Gasteiger partial charge is 0.395 e. The molecule has 150 valence electrons. The molecule has 0 saturated carbocycles. The number of benzene rings is 1. The van der Waals surface area contributed by atoms with Crippen LogP contribution in [0.15, 0.2) is 22.7 Å². The van der Waals surface area contributed by atoms with E-state index in [1.807, 2.05) is 0 Å². The van der Waals surface area contributed by atoms with E-state index in [1.165, 1.54) is 16.4 Å². The second kappa shape index (κ2) is 8.64. The van der Waals surface area contributed by atoms with Crippen LogP contribution in [0, 0.1) is 5.82 Å². The van der Waals surface area contributed by atoms with E-state index >= 15 is 0 Å². The van der Waals surface area contributed by atoms with Gasteiger partial charge in [0.2, 0.25) is 10.0 Å². The molecule has 1 N–H and O–H groups in total. The molecule has 1 aromatic carbocycles. The van der Waals surface area contributed by atoms with Crippen molar-refractivity contribution in [3.8, 4) is 0 Å². The molecule has 1 aromatic heterocycles. The maximum absolute atomic E-state index is 13.3. The Kier molecular flexibility index (Phi) is 6.46. The number of likely N-dealkylation sites (N-methyl/N-ethyl adjacent to an activating group) is 1. The third kappa shape index (κ3) is 4.66. The Balaban J connectivity index is 1.55. The number of hydrogen-bond donors (Lipinski definition) is 1. The molecule has 1 saturated heterocycles. The lowest BCUT2D eigenvalue weighted by molar-refractivity contribution is 0.197. The van der Waals surface area contributed by atoms with Crippen LogP contribution in [0.4, 0.5) is 4.39 Å². The highest BCUT2D eigenvalue weighted by atomic mass is 32.2. The maximum atomic E-state index is 13.3. The lowest BCUT2D eigenvalue weighted by Crippen LogP contribution is -2.42. The van der Waals surface area contributed by atoms with Gasteiger partial charge in [-0.2, -0.15) is 0 Å². The minimum absolute atomic E-state index is 0.233. The molecule has 0 unspecified atom stereocenters. The van der Waals surface area contributed by atoms with Gasteiger partial charge in [-0.05, 0) is 38.1 Å². The van der Waals surface area contributed by atoms with E-state index < -0.39 is 10.0 Å². The summed E-state index contributed by atoms with van der Waals surface area (Å²) in [5, 5.41) is 13.9. The first-order valence-electron chi connectivity index (χ1n) is 9.30. The lowest BCUT2D eigenvalue weighted by atomic mass is 9.91. The van der Waals surface area contributed by atoms with E-state index in [1.54, 1.807) is 13.0 Å². The van der Waals surface area contributed by atoms with E-state index in [0.29, 0.717) is 25.2 Å². The van der Waals surface area contributed by atoms with E-state index in [4.69, 9.17) is 9.63 Å². The SMILES string of the molecule is CCN(CCN1CCC(c2noc3cc(F)ccc23)CC1)S(=O)(=O)CCO. The molecule has 1 aliphatic rings. The van der Waals surface area contributed by atoms with Crippen LogP contribution in [0.5, 0.6) is 0 Å². The van der Waals surface area contributed by atoms with Gasteiger partial charge in [-0.25, -0.2) is 17.1 Å². The summed E-state index contributed by atoms with van der Waals surface area (Å²) >= 11 is 0. The minimum atomic E-state index is -3.39. The molecule has 0 bridgehead atoms. The van der Waals surface area contributed by atoms with Crippen molar-refractivity contribution in [2.45, 2.75) is 25.7 Å². The molecule has 1 fully saturated rings. The quantitative estimate of drug-likeness (QED) is 0.728. The second-order valence-electron chi connectivity index (χ2n) is 6.86. The van der Waals surface area contributed by atoms with Gasteiger partial charge in [0.05, 0.1) is 18.1 Å². The Bertz CT molecular complexity index is 863. The molecule has 2 aromatic rings. The molecular formula is C18H26FN3O4S. The number of aliphatic hydroxyl groups is 1. The van der Waals surface area contributed by atoms with Crippen molar-refractivity contribution in [2.24, 2.45) is 0 Å². The van der Waals surface area contributed by atoms with Crippen molar-refractivity contribution >= 4 is 21.0 Å². The third-order valence-electron chi connectivity index (χ3n) is 5.20. The van der Waals surface area contributed by atoms with Crippen molar-refractivity contribution in [3.05, 3.63) is 29.7 Å². The number of piperidine rings is 1. The summed E-state index contributed by atoms with van der Waals surface area (Å²) < 4.78 is 44.2. The van der Waals surface area contributed by atoms with Crippen LogP contribution in [-0.4, -0.2) is 73.0 Å². The summed E-state index contributed by atoms with van der Waals surface area (Å²) in [4.78, 5) is 2.25. The summed E-state index contributed by atoms with van der Waals surface area (Å²) in [6.07, 6.45) is 1.79. The summed E-state index contributed by atoms with van der Waals surface area (Å²) in [6.45, 7) is 4.63. The predicted molar refractivity (Wildman–Crippen MR) is 101 cm³/mol. The average Bonchev–Trinajstić information content (AvgIpc) is 3.05. The van der Waals surface area contributed by atoms with Gasteiger partial charge in [0, 0.05) is 37.0 Å². The molecule has 0 atom stereocenters. The van der Waals surface area contributed by atoms with Crippen molar-refractivity contribution in [1.82, 2.24) is 14.4 Å². The van der Waals surface area contributed by atoms with Crippen LogP contribution >= 0.6 is 0 Å². The van der Waals surface area contributed by atoms with Gasteiger partial charge in [-0.3, -0.25) is 0 Å². The van der Waals surface area contributed by atoms with Crippen LogP contribution in [-0.2, 0) is 10.0 Å². The van der Waals surface area contributed by atoms with Crippen molar-refractivity contribution in [1.29, 1.82) is 0 Å². The topological polar surface area (TPSA) is 86.9 Å². The zero-order valence-corrected chi connectivity index (χ0v) is 16.3. The fraction of sp³-hybridized carbons (Fsp3) is 0.611. The van der Waals surface area contributed by atoms with E-state index in [2.05, 4.69) is 10.1 Å². The maximum Gasteiger partial charge on any atom is 0.216 e. The van der Waals surface area contributed by atoms with Crippen LogP contribution in [0.3, 0.4) is 0 Å². The Morgan fingerprint density at radius 1 is 1.37 bits per heavy atom. The predicted octanol–water partition coefficient (Wildman–Crippen LogP) is 1.79. The molecule has 0 aliphatic carbocycles. The van der Waals surface area contributed by atoms with Gasteiger partial charge < -0.3 is 14.5 Å². The first kappa shape index (κ1) is 20.2. The highest BCUT2D eigenvalue weighted by Gasteiger charge is 2.26. The van der Waals surface area contributed by atoms with Gasteiger partial charge in [0.15, 0.2) is 5.58 Å². The number of sulfonamides is 1. The first-order chi connectivity index (χ1) is 12.9. The van der Waals surface area contributed by atoms with Gasteiger partial charge >= 0.3 is 0 Å². The Labute approximate surface area is 158 Å². The number of fused-ring (bicyclic) bond motifs is 1. The number of aromatic nitrogens is 1. The fourth-order valence-electron chi connectivity index (χ4n) is 3.65. The number of rotatable bonds is 8. The van der Waals surface area contributed by atoms with Crippen molar-refractivity contribution in [2.75, 3.05) is 45.1 Å². The molecule has 3 rings (SSSR count). The number of aliphatic hydroxyl groups excluding tert-OH is 1. The van der Waals surface area contributed by atoms with Crippen LogP contribution < -0.4 is 0 Å². The summed E-state index contributed by atoms with van der Waals surface area (Å²) in [5.41, 5.74) is 1.35. The van der Waals surface area contributed by atoms with Crippen molar-refractivity contribution < 1.29 is 22.4 Å². The smallest absolute Gasteiger partial charge is 0.216 e. The molecule has 1 aliphatic heterocycles. The Morgan fingerprint density at radius 3 is 2.78 bits per heavy atom. The molecule has 0 amide bonds. The minimum Gasteiger partial charge on any atom is -0.395 e. The monoisotopic (exact) mass is 399 g/mol. The van der Waals surface area contributed by atoms with Crippen LogP contribution in [0.25, 0.3) is 11.0 Å². The van der Waals surface area contributed by atoms with E-state index in [0.717, 1.165) is 37.0 Å². The molecule has 0 spiro atoms. The van der Waals surface area contributed by atoms with Gasteiger partial charge in [0.25, 0.3) is 0 Å². The lowest BCUT2D eigenvalue weighted by Gasteiger charge is -2.32. The summed E-state index contributed by atoms with van der Waals surface area (Å²) in [7, 11) is -3.39. The van der Waals surface area contributed by atoms with Crippen molar-refractivity contribution in [3.63, 3.8) is 0 Å².